The molecule has 2 aromatic heterocycles. The number of nitrogens with one attached hydrogen (secondary N) is 1. The highest BCUT2D eigenvalue weighted by Gasteiger charge is 1.95. The van der Waals surface area contributed by atoms with Crippen LogP contribution in [0.1, 0.15) is 12.0 Å². The van der Waals surface area contributed by atoms with Gasteiger partial charge in [0.15, 0.2) is 0 Å². The van der Waals surface area contributed by atoms with Gasteiger partial charge in [0.2, 0.25) is 0 Å². The van der Waals surface area contributed by atoms with Gasteiger partial charge < -0.3 is 4.98 Å². The van der Waals surface area contributed by atoms with E-state index in [1.807, 2.05) is 18.3 Å². The zero-order chi connectivity index (χ0) is 11.2. The molecule has 0 aliphatic rings. The smallest absolute Gasteiger partial charge is 0.0879 e. The lowest BCUT2D eigenvalue weighted by Crippen LogP contribution is -1.80. The number of azide groups is 1. The van der Waals surface area contributed by atoms with Gasteiger partial charge in [-0.2, -0.15) is 0 Å². The van der Waals surface area contributed by atoms with Crippen LogP contribution in [0.2, 0.25) is 0 Å². The minimum atomic E-state index is 0.404. The molecule has 0 aliphatic heterocycles. The maximum atomic E-state index is 8.07. The second-order valence-corrected chi connectivity index (χ2v) is 3.14. The molecule has 2 aromatic rings. The first-order valence-corrected chi connectivity index (χ1v) is 4.83. The van der Waals surface area contributed by atoms with E-state index in [1.165, 1.54) is 0 Å². The molecule has 2 heterocycles. The Kier molecular flexibility index (Phi) is 3.07. The van der Waals surface area contributed by atoms with Gasteiger partial charge in [-0.3, -0.25) is 4.98 Å². The van der Waals surface area contributed by atoms with Crippen LogP contribution in [0.5, 0.6) is 0 Å². The first-order chi connectivity index (χ1) is 7.90. The summed E-state index contributed by atoms with van der Waals surface area (Å²) >= 11 is 0. The van der Waals surface area contributed by atoms with Crippen molar-refractivity contribution >= 4 is 11.0 Å². The van der Waals surface area contributed by atoms with Crippen molar-refractivity contribution < 1.29 is 0 Å². The lowest BCUT2D eigenvalue weighted by atomic mass is 10.2. The van der Waals surface area contributed by atoms with Crippen LogP contribution < -0.4 is 0 Å². The molecule has 0 unspecified atom stereocenters. The van der Waals surface area contributed by atoms with Crippen molar-refractivity contribution in [1.29, 1.82) is 0 Å². The lowest BCUT2D eigenvalue weighted by Gasteiger charge is -1.90. The Morgan fingerprint density at radius 1 is 1.56 bits per heavy atom. The fourth-order valence-corrected chi connectivity index (χ4v) is 1.32. The molecular formula is C11H9N5. The van der Waals surface area contributed by atoms with E-state index >= 15 is 0 Å². The number of nitrogens with zero attached hydrogens (tertiary/aromatic N) is 4. The molecule has 16 heavy (non-hydrogen) atoms. The van der Waals surface area contributed by atoms with Gasteiger partial charge in [0.05, 0.1) is 11.0 Å². The highest BCUT2D eigenvalue weighted by molar-refractivity contribution is 5.75. The summed E-state index contributed by atoms with van der Waals surface area (Å²) in [6, 6.07) is 3.86. The summed E-state index contributed by atoms with van der Waals surface area (Å²) in [6.45, 7) is 0.404. The second kappa shape index (κ2) is 4.87. The van der Waals surface area contributed by atoms with Gasteiger partial charge in [-0.15, -0.1) is 0 Å². The van der Waals surface area contributed by atoms with Gasteiger partial charge in [0.1, 0.15) is 0 Å². The van der Waals surface area contributed by atoms with E-state index in [0.29, 0.717) is 13.0 Å². The molecule has 0 bridgehead atoms. The van der Waals surface area contributed by atoms with Gasteiger partial charge in [-0.05, 0) is 17.7 Å². The predicted molar refractivity (Wildman–Crippen MR) is 61.6 cm³/mol. The SMILES string of the molecule is [N-]=[N+]=NCCC#Cc1cnc2cc[nH]c2c1. The van der Waals surface area contributed by atoms with Crippen LogP contribution in [0.4, 0.5) is 0 Å². The van der Waals surface area contributed by atoms with E-state index in [9.17, 15) is 0 Å². The maximum absolute atomic E-state index is 8.07. The molecule has 2 rings (SSSR count). The Morgan fingerprint density at radius 3 is 3.38 bits per heavy atom. The van der Waals surface area contributed by atoms with Crippen molar-refractivity contribution in [2.75, 3.05) is 6.54 Å². The Bertz CT molecular complexity index is 595. The largest absolute Gasteiger partial charge is 0.360 e. The second-order valence-electron chi connectivity index (χ2n) is 3.14. The maximum Gasteiger partial charge on any atom is 0.0879 e. The molecule has 0 spiro atoms. The number of fused-ring (bicyclic) bond motifs is 1. The Morgan fingerprint density at radius 2 is 2.50 bits per heavy atom. The standard InChI is InChI=1S/C11H9N5/c12-16-15-5-2-1-3-9-7-11-10(14-8-9)4-6-13-11/h4,6-8,13H,2,5H2. The summed E-state index contributed by atoms with van der Waals surface area (Å²) in [5, 5.41) is 3.40. The minimum absolute atomic E-state index is 0.404. The Labute approximate surface area is 92.1 Å². The number of hydrogen-bond donors (Lipinski definition) is 1. The van der Waals surface area contributed by atoms with Crippen molar-refractivity contribution in [3.8, 4) is 11.8 Å². The van der Waals surface area contributed by atoms with E-state index in [4.69, 9.17) is 5.53 Å². The molecule has 5 heteroatoms. The molecule has 0 atom stereocenters. The molecule has 0 radical (unpaired) electrons. The van der Waals surface area contributed by atoms with Crippen molar-refractivity contribution in [3.05, 3.63) is 40.5 Å². The number of aromatic nitrogens is 2. The van der Waals surface area contributed by atoms with Crippen LogP contribution in [0.15, 0.2) is 29.6 Å². The van der Waals surface area contributed by atoms with Gasteiger partial charge in [0, 0.05) is 35.8 Å². The van der Waals surface area contributed by atoms with E-state index in [1.54, 1.807) is 6.20 Å². The Hall–Kier alpha value is -2.44. The third kappa shape index (κ3) is 2.32. The average Bonchev–Trinajstić information content (AvgIpc) is 2.76. The van der Waals surface area contributed by atoms with Crippen LogP contribution in [0.25, 0.3) is 21.5 Å². The Balaban J connectivity index is 2.11. The molecule has 0 amide bonds. The molecule has 1 N–H and O–H groups in total. The zero-order valence-electron chi connectivity index (χ0n) is 8.51. The molecule has 0 saturated carbocycles. The fraction of sp³-hybridized carbons (Fsp3) is 0.182. The first-order valence-electron chi connectivity index (χ1n) is 4.83. The highest BCUT2D eigenvalue weighted by atomic mass is 15.1. The average molecular weight is 211 g/mol. The van der Waals surface area contributed by atoms with Gasteiger partial charge in [-0.25, -0.2) is 0 Å². The molecule has 0 saturated heterocycles. The summed E-state index contributed by atoms with van der Waals surface area (Å²) in [7, 11) is 0. The number of pyridine rings is 1. The number of H-pyrrole nitrogens is 1. The predicted octanol–water partition coefficient (Wildman–Crippen LogP) is 2.61. The van der Waals surface area contributed by atoms with E-state index in [2.05, 4.69) is 31.8 Å². The summed E-state index contributed by atoms with van der Waals surface area (Å²) in [5.74, 6) is 5.89. The van der Waals surface area contributed by atoms with Crippen molar-refractivity contribution in [1.82, 2.24) is 9.97 Å². The van der Waals surface area contributed by atoms with E-state index in [-0.39, 0.29) is 0 Å². The van der Waals surface area contributed by atoms with Gasteiger partial charge in [-0.1, -0.05) is 17.0 Å². The minimum Gasteiger partial charge on any atom is -0.360 e. The number of hydrogen-bond acceptors (Lipinski definition) is 2. The van der Waals surface area contributed by atoms with E-state index < -0.39 is 0 Å². The molecule has 5 nitrogen and oxygen atoms in total. The van der Waals surface area contributed by atoms with Crippen LogP contribution in [0, 0.1) is 11.8 Å². The van der Waals surface area contributed by atoms with Gasteiger partial charge in [0.25, 0.3) is 0 Å². The summed E-state index contributed by atoms with van der Waals surface area (Å²) in [6.07, 6.45) is 4.14. The van der Waals surface area contributed by atoms with Gasteiger partial charge >= 0.3 is 0 Å². The molecule has 0 aromatic carbocycles. The van der Waals surface area contributed by atoms with Crippen LogP contribution >= 0.6 is 0 Å². The van der Waals surface area contributed by atoms with Crippen molar-refractivity contribution in [2.24, 2.45) is 5.11 Å². The third-order valence-corrected chi connectivity index (χ3v) is 2.03. The quantitative estimate of drug-likeness (QED) is 0.268. The molecule has 78 valence electrons. The normalized spacial score (nSPS) is 9.25. The molecule has 0 fully saturated rings. The van der Waals surface area contributed by atoms with Crippen LogP contribution in [-0.4, -0.2) is 16.5 Å². The first kappa shape index (κ1) is 10.1. The van der Waals surface area contributed by atoms with Crippen LogP contribution in [-0.2, 0) is 0 Å². The highest BCUT2D eigenvalue weighted by Crippen LogP contribution is 2.09. The number of rotatable bonds is 2. The van der Waals surface area contributed by atoms with Crippen LogP contribution in [0.3, 0.4) is 0 Å². The third-order valence-electron chi connectivity index (χ3n) is 2.03. The van der Waals surface area contributed by atoms with Crippen molar-refractivity contribution in [2.45, 2.75) is 6.42 Å². The lowest BCUT2D eigenvalue weighted by molar-refractivity contribution is 1.01. The fourth-order valence-electron chi connectivity index (χ4n) is 1.32. The monoisotopic (exact) mass is 211 g/mol. The molecule has 0 aliphatic carbocycles. The zero-order valence-corrected chi connectivity index (χ0v) is 8.51. The summed E-state index contributed by atoms with van der Waals surface area (Å²) in [4.78, 5) is 9.97. The number of aromatic amines is 1. The van der Waals surface area contributed by atoms with E-state index in [0.717, 1.165) is 16.6 Å². The summed E-state index contributed by atoms with van der Waals surface area (Å²) in [5.41, 5.74) is 10.8. The summed E-state index contributed by atoms with van der Waals surface area (Å²) < 4.78 is 0. The van der Waals surface area contributed by atoms with Crippen molar-refractivity contribution in [3.63, 3.8) is 0 Å². The topological polar surface area (TPSA) is 77.4 Å². The molecular weight excluding hydrogens is 202 g/mol.